The van der Waals surface area contributed by atoms with E-state index in [4.69, 9.17) is 27.9 Å². The van der Waals surface area contributed by atoms with Gasteiger partial charge < -0.3 is 10.1 Å². The lowest BCUT2D eigenvalue weighted by Crippen LogP contribution is -2.39. The fourth-order valence-corrected chi connectivity index (χ4v) is 5.99. The van der Waals surface area contributed by atoms with Gasteiger partial charge >= 0.3 is 0 Å². The Kier molecular flexibility index (Phi) is 6.38. The van der Waals surface area contributed by atoms with E-state index in [0.717, 1.165) is 0 Å². The number of methoxy groups -OCH3 is 1. The van der Waals surface area contributed by atoms with Crippen LogP contribution in [0.5, 0.6) is 5.75 Å². The first kappa shape index (κ1) is 23.2. The molecule has 0 aromatic heterocycles. The Morgan fingerprint density at radius 2 is 1.76 bits per heavy atom. The van der Waals surface area contributed by atoms with Crippen molar-refractivity contribution in [2.24, 2.45) is 0 Å². The molecular formula is C24H20Cl2N2O4S. The minimum atomic E-state index is -4.18. The lowest BCUT2D eigenvalue weighted by molar-refractivity contribution is -0.112. The fraction of sp³-hybridized carbons (Fsp3) is 0.125. The van der Waals surface area contributed by atoms with Crippen molar-refractivity contribution in [2.75, 3.05) is 23.3 Å². The third kappa shape index (κ3) is 4.19. The molecular weight excluding hydrogens is 483 g/mol. The highest BCUT2D eigenvalue weighted by Crippen LogP contribution is 2.44. The molecule has 1 aliphatic heterocycles. The summed E-state index contributed by atoms with van der Waals surface area (Å²) in [7, 11) is -2.70. The standard InChI is InChI=1S/C24H20Cl2N2O4S/c1-3-28-20-11-9-16(25)13-18(20)22(15-7-5-4-6-8-15)23(33(28,30)31)24(29)27-17-10-12-21(32-2)19(26)14-17/h4-14H,3H2,1-2H3,(H,27,29). The quantitative estimate of drug-likeness (QED) is 0.494. The van der Waals surface area contributed by atoms with Crippen molar-refractivity contribution >= 4 is 56.1 Å². The molecule has 9 heteroatoms. The molecule has 0 saturated heterocycles. The number of rotatable bonds is 5. The van der Waals surface area contributed by atoms with Gasteiger partial charge in [0.05, 0.1) is 17.8 Å². The number of anilines is 2. The van der Waals surface area contributed by atoms with Crippen LogP contribution in [0.1, 0.15) is 18.1 Å². The number of hydrogen-bond donors (Lipinski definition) is 1. The van der Waals surface area contributed by atoms with Crippen molar-refractivity contribution in [3.05, 3.63) is 92.8 Å². The van der Waals surface area contributed by atoms with Crippen LogP contribution in [-0.4, -0.2) is 28.0 Å². The number of nitrogens with zero attached hydrogens (tertiary/aromatic N) is 1. The summed E-state index contributed by atoms with van der Waals surface area (Å²) in [4.78, 5) is 13.1. The lowest BCUT2D eigenvalue weighted by atomic mass is 9.95. The minimum Gasteiger partial charge on any atom is -0.495 e. The largest absolute Gasteiger partial charge is 0.495 e. The number of carbonyl (C=O) groups is 1. The number of carbonyl (C=O) groups excluding carboxylic acids is 1. The van der Waals surface area contributed by atoms with Gasteiger partial charge in [0.15, 0.2) is 4.91 Å². The zero-order valence-electron chi connectivity index (χ0n) is 17.8. The maximum absolute atomic E-state index is 13.7. The molecule has 0 bridgehead atoms. The van der Waals surface area contributed by atoms with Gasteiger partial charge in [-0.05, 0) is 48.9 Å². The first-order chi connectivity index (χ1) is 15.8. The Hall–Kier alpha value is -3.00. The third-order valence-electron chi connectivity index (χ3n) is 5.24. The molecule has 170 valence electrons. The zero-order chi connectivity index (χ0) is 23.8. The number of ether oxygens (including phenoxy) is 1. The van der Waals surface area contributed by atoms with E-state index >= 15 is 0 Å². The van der Waals surface area contributed by atoms with Crippen molar-refractivity contribution < 1.29 is 17.9 Å². The second-order valence-corrected chi connectivity index (χ2v) is 9.85. The van der Waals surface area contributed by atoms with E-state index < -0.39 is 15.9 Å². The summed E-state index contributed by atoms with van der Waals surface area (Å²) in [5.74, 6) is -0.343. The molecule has 3 aromatic rings. The van der Waals surface area contributed by atoms with Gasteiger partial charge in [0.25, 0.3) is 15.9 Å². The average Bonchev–Trinajstić information content (AvgIpc) is 2.78. The molecule has 6 nitrogen and oxygen atoms in total. The summed E-state index contributed by atoms with van der Waals surface area (Å²) < 4.78 is 33.8. The summed E-state index contributed by atoms with van der Waals surface area (Å²) in [5.41, 5.74) is 2.22. The SMILES string of the molecule is CCN1c2ccc(Cl)cc2C(c2ccccc2)=C(C(=O)Nc2ccc(OC)c(Cl)c2)S1(=O)=O. The van der Waals surface area contributed by atoms with Crippen molar-refractivity contribution in [3.63, 3.8) is 0 Å². The maximum atomic E-state index is 13.7. The summed E-state index contributed by atoms with van der Waals surface area (Å²) in [6, 6.07) is 18.5. The highest BCUT2D eigenvalue weighted by molar-refractivity contribution is 7.97. The van der Waals surface area contributed by atoms with Gasteiger partial charge in [-0.25, -0.2) is 8.42 Å². The Morgan fingerprint density at radius 3 is 2.39 bits per heavy atom. The first-order valence-electron chi connectivity index (χ1n) is 10.0. The van der Waals surface area contributed by atoms with E-state index in [1.165, 1.54) is 17.5 Å². The van der Waals surface area contributed by atoms with E-state index in [9.17, 15) is 13.2 Å². The predicted molar refractivity (Wildman–Crippen MR) is 132 cm³/mol. The number of hydrogen-bond acceptors (Lipinski definition) is 4. The fourth-order valence-electron chi connectivity index (χ4n) is 3.81. The maximum Gasteiger partial charge on any atom is 0.270 e. The van der Waals surface area contributed by atoms with Crippen LogP contribution in [0.3, 0.4) is 0 Å². The van der Waals surface area contributed by atoms with E-state index in [0.29, 0.717) is 33.3 Å². The van der Waals surface area contributed by atoms with Gasteiger partial charge in [0.1, 0.15) is 5.75 Å². The minimum absolute atomic E-state index is 0.143. The van der Waals surface area contributed by atoms with Gasteiger partial charge in [-0.3, -0.25) is 9.10 Å². The average molecular weight is 503 g/mol. The molecule has 0 radical (unpaired) electrons. The molecule has 1 heterocycles. The van der Waals surface area contributed by atoms with Gasteiger partial charge in [-0.15, -0.1) is 0 Å². The molecule has 0 aliphatic carbocycles. The summed E-state index contributed by atoms with van der Waals surface area (Å²) in [6.07, 6.45) is 0. The molecule has 33 heavy (non-hydrogen) atoms. The lowest BCUT2D eigenvalue weighted by Gasteiger charge is -2.33. The normalized spacial score (nSPS) is 14.6. The van der Waals surface area contributed by atoms with E-state index in [2.05, 4.69) is 5.32 Å². The molecule has 0 saturated carbocycles. The molecule has 0 unspecified atom stereocenters. The number of amides is 1. The number of nitrogens with one attached hydrogen (secondary N) is 1. The zero-order valence-corrected chi connectivity index (χ0v) is 20.1. The monoisotopic (exact) mass is 502 g/mol. The van der Waals surface area contributed by atoms with Crippen LogP contribution in [0.4, 0.5) is 11.4 Å². The van der Waals surface area contributed by atoms with Crippen LogP contribution in [0, 0.1) is 0 Å². The molecule has 0 fully saturated rings. The van der Waals surface area contributed by atoms with E-state index in [1.54, 1.807) is 61.5 Å². The molecule has 1 N–H and O–H groups in total. The molecule has 0 atom stereocenters. The molecule has 0 spiro atoms. The summed E-state index contributed by atoms with van der Waals surface area (Å²) in [5, 5.41) is 3.39. The van der Waals surface area contributed by atoms with Crippen LogP contribution in [0.2, 0.25) is 10.0 Å². The highest BCUT2D eigenvalue weighted by Gasteiger charge is 2.40. The van der Waals surface area contributed by atoms with E-state index in [1.807, 2.05) is 6.07 Å². The molecule has 3 aromatic carbocycles. The Balaban J connectivity index is 1.96. The number of sulfonamides is 1. The van der Waals surface area contributed by atoms with Gasteiger partial charge in [0.2, 0.25) is 0 Å². The van der Waals surface area contributed by atoms with Crippen molar-refractivity contribution in [1.29, 1.82) is 0 Å². The molecule has 1 aliphatic rings. The second kappa shape index (κ2) is 9.09. The second-order valence-electron chi connectivity index (χ2n) is 7.20. The molecule has 1 amide bonds. The number of fused-ring (bicyclic) bond motifs is 1. The first-order valence-corrected chi connectivity index (χ1v) is 12.2. The van der Waals surface area contributed by atoms with Gasteiger partial charge in [-0.2, -0.15) is 0 Å². The van der Waals surface area contributed by atoms with Crippen LogP contribution in [-0.2, 0) is 14.8 Å². The topological polar surface area (TPSA) is 75.7 Å². The Labute approximate surface area is 202 Å². The van der Waals surface area contributed by atoms with Crippen molar-refractivity contribution in [3.8, 4) is 5.75 Å². The van der Waals surface area contributed by atoms with Gasteiger partial charge in [0, 0.05) is 28.4 Å². The van der Waals surface area contributed by atoms with E-state index in [-0.39, 0.29) is 22.0 Å². The third-order valence-corrected chi connectivity index (χ3v) is 7.71. The Morgan fingerprint density at radius 1 is 1.03 bits per heavy atom. The predicted octanol–water partition coefficient (Wildman–Crippen LogP) is 5.57. The van der Waals surface area contributed by atoms with Crippen LogP contribution in [0.15, 0.2) is 71.6 Å². The highest BCUT2D eigenvalue weighted by atomic mass is 35.5. The van der Waals surface area contributed by atoms with Crippen molar-refractivity contribution in [2.45, 2.75) is 6.92 Å². The summed E-state index contributed by atoms with van der Waals surface area (Å²) in [6.45, 7) is 1.85. The molecule has 4 rings (SSSR count). The van der Waals surface area contributed by atoms with Crippen LogP contribution < -0.4 is 14.4 Å². The summed E-state index contributed by atoms with van der Waals surface area (Å²) >= 11 is 12.5. The van der Waals surface area contributed by atoms with Gasteiger partial charge in [-0.1, -0.05) is 53.5 Å². The smallest absolute Gasteiger partial charge is 0.270 e. The van der Waals surface area contributed by atoms with Crippen molar-refractivity contribution in [1.82, 2.24) is 0 Å². The Bertz CT molecular complexity index is 1370. The number of benzene rings is 3. The van der Waals surface area contributed by atoms with Crippen LogP contribution >= 0.6 is 23.2 Å². The van der Waals surface area contributed by atoms with Crippen LogP contribution in [0.25, 0.3) is 5.57 Å². The number of halogens is 2.